The highest BCUT2D eigenvalue weighted by molar-refractivity contribution is 5.82. The average molecular weight is 349 g/mol. The molecule has 0 spiro atoms. The summed E-state index contributed by atoms with van der Waals surface area (Å²) in [5, 5.41) is 3.32. The number of amides is 2. The molecule has 0 atom stereocenters. The van der Waals surface area contributed by atoms with Crippen LogP contribution in [0, 0.1) is 0 Å². The van der Waals surface area contributed by atoms with Crippen molar-refractivity contribution in [2.24, 2.45) is 0 Å². The number of halogens is 6. The van der Waals surface area contributed by atoms with E-state index < -0.39 is 37.3 Å². The van der Waals surface area contributed by atoms with Gasteiger partial charge in [-0.15, -0.1) is 0 Å². The third-order valence-electron chi connectivity index (χ3n) is 3.24. The van der Waals surface area contributed by atoms with Crippen LogP contribution < -0.4 is 5.32 Å². The quantitative estimate of drug-likeness (QED) is 0.609. The molecule has 0 aromatic heterocycles. The summed E-state index contributed by atoms with van der Waals surface area (Å²) in [4.78, 5) is 22.0. The fourth-order valence-corrected chi connectivity index (χ4v) is 2.17. The maximum absolute atomic E-state index is 12.6. The van der Waals surface area contributed by atoms with Gasteiger partial charge in [-0.2, -0.15) is 26.3 Å². The number of nitrogens with zero attached hydrogens (tertiary/aromatic N) is 2. The van der Waals surface area contributed by atoms with E-state index in [4.69, 9.17) is 0 Å². The second kappa shape index (κ2) is 7.84. The molecule has 1 rings (SSSR count). The van der Waals surface area contributed by atoms with Crippen LogP contribution in [-0.4, -0.2) is 60.4 Å². The third-order valence-corrected chi connectivity index (χ3v) is 3.24. The lowest BCUT2D eigenvalue weighted by Gasteiger charge is -2.37. The highest BCUT2D eigenvalue weighted by Gasteiger charge is 2.44. The molecule has 0 saturated carbocycles. The fraction of sp³-hybridized carbons (Fsp3) is 0.833. The summed E-state index contributed by atoms with van der Waals surface area (Å²) < 4.78 is 73.8. The van der Waals surface area contributed by atoms with E-state index in [1.54, 1.807) is 5.32 Å². The van der Waals surface area contributed by atoms with Gasteiger partial charge in [-0.3, -0.25) is 14.6 Å². The van der Waals surface area contributed by atoms with Gasteiger partial charge in [0.25, 0.3) is 0 Å². The molecule has 0 unspecified atom stereocenters. The molecule has 1 N–H and O–H groups in total. The Morgan fingerprint density at radius 3 is 2.00 bits per heavy atom. The van der Waals surface area contributed by atoms with Gasteiger partial charge in [-0.05, 0) is 19.3 Å². The highest BCUT2D eigenvalue weighted by Crippen LogP contribution is 2.22. The van der Waals surface area contributed by atoms with Crippen LogP contribution in [0.3, 0.4) is 0 Å². The molecule has 23 heavy (non-hydrogen) atoms. The van der Waals surface area contributed by atoms with Gasteiger partial charge in [0.1, 0.15) is 0 Å². The van der Waals surface area contributed by atoms with Crippen LogP contribution in [0.25, 0.3) is 0 Å². The summed E-state index contributed by atoms with van der Waals surface area (Å²) in [6.07, 6.45) is -8.23. The minimum atomic E-state index is -5.06. The molecule has 0 aromatic rings. The second-order valence-corrected chi connectivity index (χ2v) is 5.05. The Hall–Kier alpha value is -1.52. The number of hydrogen-bond acceptors (Lipinski definition) is 3. The van der Waals surface area contributed by atoms with Crippen molar-refractivity contribution in [2.75, 3.05) is 26.2 Å². The first-order valence-electron chi connectivity index (χ1n) is 7.02. The largest absolute Gasteiger partial charge is 0.472 e. The monoisotopic (exact) mass is 349 g/mol. The van der Waals surface area contributed by atoms with Gasteiger partial charge in [0, 0.05) is 26.2 Å². The standard InChI is InChI=1S/C12H17F6N3O2/c13-11(14,15)9(22)19-5-4-8-21(10(23)12(16,17)18)20-6-2-1-3-7-20/h1-8H2,(H,19,22). The Labute approximate surface area is 128 Å². The number of alkyl halides is 6. The summed E-state index contributed by atoms with van der Waals surface area (Å²) in [7, 11) is 0. The van der Waals surface area contributed by atoms with Crippen molar-refractivity contribution in [3.63, 3.8) is 0 Å². The van der Waals surface area contributed by atoms with Crippen molar-refractivity contribution in [2.45, 2.75) is 38.0 Å². The van der Waals surface area contributed by atoms with Crippen LogP contribution in [0.15, 0.2) is 0 Å². The maximum Gasteiger partial charge on any atom is 0.472 e. The summed E-state index contributed by atoms with van der Waals surface area (Å²) in [6, 6.07) is 0. The van der Waals surface area contributed by atoms with Crippen molar-refractivity contribution >= 4 is 11.8 Å². The topological polar surface area (TPSA) is 52.7 Å². The Morgan fingerprint density at radius 2 is 1.52 bits per heavy atom. The summed E-state index contributed by atoms with van der Waals surface area (Å²) in [5.74, 6) is -4.22. The van der Waals surface area contributed by atoms with E-state index in [9.17, 15) is 35.9 Å². The van der Waals surface area contributed by atoms with E-state index in [0.29, 0.717) is 17.9 Å². The van der Waals surface area contributed by atoms with Crippen LogP contribution >= 0.6 is 0 Å². The Morgan fingerprint density at radius 1 is 0.957 bits per heavy atom. The van der Waals surface area contributed by atoms with Crippen LogP contribution in [0.4, 0.5) is 26.3 Å². The molecule has 1 aliphatic rings. The van der Waals surface area contributed by atoms with Crippen molar-refractivity contribution in [3.05, 3.63) is 0 Å². The van der Waals surface area contributed by atoms with Crippen LogP contribution in [0.5, 0.6) is 0 Å². The number of hydrazine groups is 1. The minimum Gasteiger partial charge on any atom is -0.348 e. The van der Waals surface area contributed by atoms with Crippen molar-refractivity contribution in [1.29, 1.82) is 0 Å². The lowest BCUT2D eigenvalue weighted by atomic mass is 10.1. The highest BCUT2D eigenvalue weighted by atomic mass is 19.4. The zero-order chi connectivity index (χ0) is 17.7. The summed E-state index contributed by atoms with van der Waals surface area (Å²) >= 11 is 0. The number of carbonyl (C=O) groups excluding carboxylic acids is 2. The molecule has 1 fully saturated rings. The zero-order valence-electron chi connectivity index (χ0n) is 12.1. The van der Waals surface area contributed by atoms with Gasteiger partial charge < -0.3 is 5.32 Å². The molecule has 1 aliphatic heterocycles. The van der Waals surface area contributed by atoms with Crippen molar-refractivity contribution < 1.29 is 35.9 Å². The molecule has 0 bridgehead atoms. The Kier molecular flexibility index (Phi) is 6.66. The molecule has 1 saturated heterocycles. The number of nitrogens with one attached hydrogen (secondary N) is 1. The van der Waals surface area contributed by atoms with Gasteiger partial charge in [0.15, 0.2) is 0 Å². The van der Waals surface area contributed by atoms with Gasteiger partial charge in [-0.1, -0.05) is 6.42 Å². The molecule has 134 valence electrons. The van der Waals surface area contributed by atoms with Crippen molar-refractivity contribution in [1.82, 2.24) is 15.3 Å². The second-order valence-electron chi connectivity index (χ2n) is 5.05. The maximum atomic E-state index is 12.6. The lowest BCUT2D eigenvalue weighted by Crippen LogP contribution is -2.54. The predicted molar refractivity (Wildman–Crippen MR) is 66.9 cm³/mol. The summed E-state index contributed by atoms with van der Waals surface area (Å²) in [5.41, 5.74) is 0. The molecule has 1 heterocycles. The SMILES string of the molecule is O=C(NCCCN(C(=O)C(F)(F)F)N1CCCCC1)C(F)(F)F. The molecule has 11 heteroatoms. The molecular weight excluding hydrogens is 332 g/mol. The van der Waals surface area contributed by atoms with Crippen LogP contribution in [0.2, 0.25) is 0 Å². The van der Waals surface area contributed by atoms with E-state index in [0.717, 1.165) is 6.42 Å². The van der Waals surface area contributed by atoms with E-state index >= 15 is 0 Å². The number of hydrogen-bond donors (Lipinski definition) is 1. The Bertz CT molecular complexity index is 418. The lowest BCUT2D eigenvalue weighted by molar-refractivity contribution is -0.203. The normalized spacial score (nSPS) is 17.0. The summed E-state index contributed by atoms with van der Waals surface area (Å²) in [6.45, 7) is -0.349. The van der Waals surface area contributed by atoms with Crippen LogP contribution in [0.1, 0.15) is 25.7 Å². The first kappa shape index (κ1) is 19.5. The van der Waals surface area contributed by atoms with E-state index in [1.807, 2.05) is 0 Å². The first-order chi connectivity index (χ1) is 10.5. The number of piperidine rings is 1. The molecule has 0 radical (unpaired) electrons. The molecule has 5 nitrogen and oxygen atoms in total. The predicted octanol–water partition coefficient (Wildman–Crippen LogP) is 1.85. The molecule has 0 aromatic carbocycles. The molecular formula is C12H17F6N3O2. The van der Waals surface area contributed by atoms with Crippen molar-refractivity contribution in [3.8, 4) is 0 Å². The molecule has 2 amide bonds. The zero-order valence-corrected chi connectivity index (χ0v) is 12.1. The first-order valence-corrected chi connectivity index (χ1v) is 7.02. The average Bonchev–Trinajstić information content (AvgIpc) is 2.45. The van der Waals surface area contributed by atoms with Gasteiger partial charge in [0.05, 0.1) is 0 Å². The van der Waals surface area contributed by atoms with E-state index in [1.165, 1.54) is 5.01 Å². The minimum absolute atomic E-state index is 0.222. The number of rotatable bonds is 5. The van der Waals surface area contributed by atoms with Gasteiger partial charge in [-0.25, -0.2) is 5.01 Å². The van der Waals surface area contributed by atoms with E-state index in [-0.39, 0.29) is 19.5 Å². The smallest absolute Gasteiger partial charge is 0.348 e. The Balaban J connectivity index is 2.56. The van der Waals surface area contributed by atoms with Gasteiger partial charge in [0.2, 0.25) is 0 Å². The number of carbonyl (C=O) groups is 2. The van der Waals surface area contributed by atoms with E-state index in [2.05, 4.69) is 0 Å². The van der Waals surface area contributed by atoms with Gasteiger partial charge >= 0.3 is 24.2 Å². The molecule has 0 aliphatic carbocycles. The third kappa shape index (κ3) is 6.24. The fourth-order valence-electron chi connectivity index (χ4n) is 2.17. The van der Waals surface area contributed by atoms with Crippen LogP contribution in [-0.2, 0) is 9.59 Å².